The van der Waals surface area contributed by atoms with Crippen LogP contribution in [0, 0.1) is 0 Å². The highest BCUT2D eigenvalue weighted by molar-refractivity contribution is 5.79. The van der Waals surface area contributed by atoms with Crippen molar-refractivity contribution in [2.24, 2.45) is 0 Å². The molecule has 1 atom stereocenters. The molecule has 0 saturated carbocycles. The molecular formula is C11H12N2O. The van der Waals surface area contributed by atoms with Gasteiger partial charge in [-0.3, -0.25) is 4.98 Å². The molecule has 14 heavy (non-hydrogen) atoms. The molecule has 0 bridgehead atoms. The van der Waals surface area contributed by atoms with E-state index in [-0.39, 0.29) is 6.04 Å². The third-order valence-electron chi connectivity index (χ3n) is 2.42. The number of likely N-dealkylation sites (N-methyl/N-ethyl adjacent to an activating group) is 1. The van der Waals surface area contributed by atoms with Crippen molar-refractivity contribution in [1.29, 1.82) is 0 Å². The number of aromatic nitrogens is 1. The number of aldehydes is 1. The fourth-order valence-corrected chi connectivity index (χ4v) is 1.73. The van der Waals surface area contributed by atoms with Gasteiger partial charge >= 0.3 is 0 Å². The van der Waals surface area contributed by atoms with Gasteiger partial charge in [-0.25, -0.2) is 0 Å². The van der Waals surface area contributed by atoms with Crippen LogP contribution in [0.2, 0.25) is 0 Å². The molecule has 0 N–H and O–H groups in total. The lowest BCUT2D eigenvalue weighted by molar-refractivity contribution is -0.108. The minimum absolute atomic E-state index is 0.142. The average Bonchev–Trinajstić information content (AvgIpc) is 2.27. The maximum Gasteiger partial charge on any atom is 0.146 e. The lowest BCUT2D eigenvalue weighted by Crippen LogP contribution is -2.37. The van der Waals surface area contributed by atoms with Gasteiger partial charge in [0, 0.05) is 12.7 Å². The Morgan fingerprint density at radius 2 is 2.50 bits per heavy atom. The van der Waals surface area contributed by atoms with Crippen molar-refractivity contribution in [3.8, 4) is 0 Å². The summed E-state index contributed by atoms with van der Waals surface area (Å²) >= 11 is 0. The fourth-order valence-electron chi connectivity index (χ4n) is 1.73. The Kier molecular flexibility index (Phi) is 2.31. The predicted octanol–water partition coefficient (Wildman–Crippen LogP) is 1.50. The van der Waals surface area contributed by atoms with Gasteiger partial charge in [-0.2, -0.15) is 0 Å². The van der Waals surface area contributed by atoms with Crippen LogP contribution in [0.25, 0.3) is 6.08 Å². The summed E-state index contributed by atoms with van der Waals surface area (Å²) in [4.78, 5) is 17.1. The van der Waals surface area contributed by atoms with Gasteiger partial charge in [0.05, 0.1) is 11.4 Å². The Hall–Kier alpha value is -1.64. The summed E-state index contributed by atoms with van der Waals surface area (Å²) in [6, 6.07) is 3.74. The molecule has 0 radical (unpaired) electrons. The number of fused-ring (bicyclic) bond motifs is 1. The van der Waals surface area contributed by atoms with Crippen LogP contribution in [0.15, 0.2) is 24.4 Å². The van der Waals surface area contributed by atoms with Crippen LogP contribution in [0.5, 0.6) is 0 Å². The second kappa shape index (κ2) is 3.62. The molecule has 1 aromatic rings. The summed E-state index contributed by atoms with van der Waals surface area (Å²) < 4.78 is 0. The second-order valence-electron chi connectivity index (χ2n) is 3.18. The van der Waals surface area contributed by atoms with E-state index in [2.05, 4.69) is 4.98 Å². The minimum atomic E-state index is -0.142. The molecule has 0 amide bonds. The van der Waals surface area contributed by atoms with Crippen molar-refractivity contribution in [3.05, 3.63) is 30.1 Å². The predicted molar refractivity (Wildman–Crippen MR) is 56.1 cm³/mol. The first-order chi connectivity index (χ1) is 6.86. The zero-order chi connectivity index (χ0) is 9.97. The molecule has 0 spiro atoms. The number of carbonyl (C=O) groups is 1. The van der Waals surface area contributed by atoms with Crippen molar-refractivity contribution in [2.75, 3.05) is 11.4 Å². The molecule has 2 heterocycles. The molecular weight excluding hydrogens is 176 g/mol. The van der Waals surface area contributed by atoms with Crippen LogP contribution in [-0.4, -0.2) is 23.9 Å². The molecule has 1 unspecified atom stereocenters. The van der Waals surface area contributed by atoms with Crippen LogP contribution in [0.4, 0.5) is 5.69 Å². The average molecular weight is 188 g/mol. The van der Waals surface area contributed by atoms with Crippen molar-refractivity contribution in [2.45, 2.75) is 13.0 Å². The maximum atomic E-state index is 10.8. The van der Waals surface area contributed by atoms with Crippen molar-refractivity contribution >= 4 is 18.0 Å². The zero-order valence-electron chi connectivity index (χ0n) is 8.05. The van der Waals surface area contributed by atoms with Crippen molar-refractivity contribution in [1.82, 2.24) is 4.98 Å². The summed E-state index contributed by atoms with van der Waals surface area (Å²) in [5.41, 5.74) is 1.97. The number of pyridine rings is 1. The first-order valence-electron chi connectivity index (χ1n) is 4.72. The Balaban J connectivity index is 2.46. The molecule has 1 aromatic heterocycles. The summed E-state index contributed by atoms with van der Waals surface area (Å²) in [5.74, 6) is 0. The quantitative estimate of drug-likeness (QED) is 0.659. The Morgan fingerprint density at radius 1 is 1.64 bits per heavy atom. The highest BCUT2D eigenvalue weighted by Crippen LogP contribution is 2.25. The molecule has 0 aromatic carbocycles. The number of rotatable bonds is 2. The summed E-state index contributed by atoms with van der Waals surface area (Å²) in [7, 11) is 0. The fraction of sp³-hybridized carbons (Fsp3) is 0.273. The van der Waals surface area contributed by atoms with Gasteiger partial charge in [0.15, 0.2) is 0 Å². The third kappa shape index (κ3) is 1.31. The molecule has 2 rings (SSSR count). The van der Waals surface area contributed by atoms with E-state index < -0.39 is 0 Å². The summed E-state index contributed by atoms with van der Waals surface area (Å²) in [6.07, 6.45) is 6.50. The van der Waals surface area contributed by atoms with Crippen LogP contribution in [0.3, 0.4) is 0 Å². The molecule has 72 valence electrons. The van der Waals surface area contributed by atoms with Gasteiger partial charge in [0.1, 0.15) is 12.3 Å². The monoisotopic (exact) mass is 188 g/mol. The number of hydrogen-bond acceptors (Lipinski definition) is 3. The minimum Gasteiger partial charge on any atom is -0.357 e. The largest absolute Gasteiger partial charge is 0.357 e. The third-order valence-corrected chi connectivity index (χ3v) is 2.42. The standard InChI is InChI=1S/C11H12N2O/c1-2-13-9(8-14)5-6-10-11(13)4-3-7-12-10/h3-9H,2H2,1H3. The zero-order valence-corrected chi connectivity index (χ0v) is 8.05. The van der Waals surface area contributed by atoms with Gasteiger partial charge in [-0.1, -0.05) is 6.08 Å². The molecule has 0 aliphatic carbocycles. The maximum absolute atomic E-state index is 10.8. The van der Waals surface area contributed by atoms with Gasteiger partial charge < -0.3 is 9.69 Å². The number of hydrogen-bond donors (Lipinski definition) is 0. The van der Waals surface area contributed by atoms with Crippen LogP contribution in [-0.2, 0) is 4.79 Å². The van der Waals surface area contributed by atoms with Gasteiger partial charge in [-0.15, -0.1) is 0 Å². The summed E-state index contributed by atoms with van der Waals surface area (Å²) in [6.45, 7) is 2.85. The number of nitrogens with zero attached hydrogens (tertiary/aromatic N) is 2. The Bertz CT molecular complexity index is 373. The van der Waals surface area contributed by atoms with E-state index in [1.165, 1.54) is 0 Å². The molecule has 3 heteroatoms. The highest BCUT2D eigenvalue weighted by Gasteiger charge is 2.20. The first kappa shape index (κ1) is 8.94. The topological polar surface area (TPSA) is 33.2 Å². The van der Waals surface area contributed by atoms with Gasteiger partial charge in [-0.05, 0) is 25.1 Å². The van der Waals surface area contributed by atoms with E-state index in [4.69, 9.17) is 0 Å². The number of carbonyl (C=O) groups excluding carboxylic acids is 1. The molecule has 3 nitrogen and oxygen atoms in total. The molecule has 1 aliphatic heterocycles. The number of anilines is 1. The van der Waals surface area contributed by atoms with Crippen LogP contribution in [0.1, 0.15) is 12.6 Å². The summed E-state index contributed by atoms with van der Waals surface area (Å²) in [5, 5.41) is 0. The lowest BCUT2D eigenvalue weighted by atomic mass is 10.1. The first-order valence-corrected chi connectivity index (χ1v) is 4.72. The highest BCUT2D eigenvalue weighted by atomic mass is 16.1. The smallest absolute Gasteiger partial charge is 0.146 e. The van der Waals surface area contributed by atoms with E-state index in [0.717, 1.165) is 24.2 Å². The normalized spacial score (nSPS) is 19.2. The Labute approximate surface area is 83.1 Å². The van der Waals surface area contributed by atoms with Gasteiger partial charge in [0.25, 0.3) is 0 Å². The SMILES string of the molecule is CCN1c2cccnc2C=CC1C=O. The second-order valence-corrected chi connectivity index (χ2v) is 3.18. The van der Waals surface area contributed by atoms with Gasteiger partial charge in [0.2, 0.25) is 0 Å². The molecule has 0 fully saturated rings. The van der Waals surface area contributed by atoms with E-state index in [0.29, 0.717) is 0 Å². The van der Waals surface area contributed by atoms with E-state index in [9.17, 15) is 4.79 Å². The van der Waals surface area contributed by atoms with E-state index in [1.54, 1.807) is 6.20 Å². The molecule has 0 saturated heterocycles. The van der Waals surface area contributed by atoms with E-state index in [1.807, 2.05) is 36.1 Å². The Morgan fingerprint density at radius 3 is 3.21 bits per heavy atom. The lowest BCUT2D eigenvalue weighted by Gasteiger charge is -2.30. The molecule has 1 aliphatic rings. The van der Waals surface area contributed by atoms with Crippen molar-refractivity contribution in [3.63, 3.8) is 0 Å². The van der Waals surface area contributed by atoms with Crippen LogP contribution >= 0.6 is 0 Å². The van der Waals surface area contributed by atoms with E-state index >= 15 is 0 Å². The van der Waals surface area contributed by atoms with Crippen LogP contribution < -0.4 is 4.90 Å². The van der Waals surface area contributed by atoms with Crippen molar-refractivity contribution < 1.29 is 4.79 Å².